The second-order valence-electron chi connectivity index (χ2n) is 9.27. The first-order valence-corrected chi connectivity index (χ1v) is 11.9. The molecule has 0 aliphatic carbocycles. The maximum atomic E-state index is 13.1. The number of anilines is 2. The third-order valence-corrected chi connectivity index (χ3v) is 7.32. The number of nitrogens with zero attached hydrogens (tertiary/aromatic N) is 2. The van der Waals surface area contributed by atoms with Gasteiger partial charge in [0.15, 0.2) is 0 Å². The second-order valence-corrected chi connectivity index (χ2v) is 9.27. The van der Waals surface area contributed by atoms with Crippen LogP contribution in [0.15, 0.2) is 54.6 Å². The predicted octanol–water partition coefficient (Wildman–Crippen LogP) is 3.91. The van der Waals surface area contributed by atoms with Crippen molar-refractivity contribution in [2.45, 2.75) is 31.6 Å². The van der Waals surface area contributed by atoms with Crippen molar-refractivity contribution in [1.82, 2.24) is 9.80 Å². The fraction of sp³-hybridized carbons (Fsp3) is 0.423. The van der Waals surface area contributed by atoms with Crippen LogP contribution in [-0.2, 0) is 9.59 Å². The number of rotatable bonds is 3. The molecule has 3 aliphatic rings. The van der Waals surface area contributed by atoms with Gasteiger partial charge in [0.2, 0.25) is 11.8 Å². The standard InChI is InChI=1S/C26H30N4O3/c31-24-23(21-8-4-5-9-22(21)28-24)18-10-14-29(15-11-18)25(32)19-12-16-30(17-13-19)26(33)27-20-6-2-1-3-7-20/h1-9,18-19,23H,10-17H2,(H,27,33)(H,28,31). The number of carbonyl (C=O) groups excluding carboxylic acids is 3. The van der Waals surface area contributed by atoms with Gasteiger partial charge in [0.1, 0.15) is 0 Å². The van der Waals surface area contributed by atoms with Crippen molar-refractivity contribution in [3.8, 4) is 0 Å². The molecule has 2 aromatic carbocycles. The van der Waals surface area contributed by atoms with Crippen LogP contribution in [-0.4, -0.2) is 53.8 Å². The first-order chi connectivity index (χ1) is 16.1. The molecule has 2 saturated heterocycles. The summed E-state index contributed by atoms with van der Waals surface area (Å²) in [5.74, 6) is 0.416. The molecule has 4 amide bonds. The lowest BCUT2D eigenvalue weighted by Crippen LogP contribution is -2.47. The van der Waals surface area contributed by atoms with Crippen molar-refractivity contribution in [2.75, 3.05) is 36.8 Å². The van der Waals surface area contributed by atoms with Crippen LogP contribution < -0.4 is 10.6 Å². The summed E-state index contributed by atoms with van der Waals surface area (Å²) in [6, 6.07) is 17.2. The molecule has 0 spiro atoms. The van der Waals surface area contributed by atoms with Crippen molar-refractivity contribution < 1.29 is 14.4 Å². The van der Waals surface area contributed by atoms with Crippen LogP contribution >= 0.6 is 0 Å². The number of carbonyl (C=O) groups is 3. The Morgan fingerprint density at radius 2 is 1.45 bits per heavy atom. The van der Waals surface area contributed by atoms with Crippen molar-refractivity contribution in [3.63, 3.8) is 0 Å². The third kappa shape index (κ3) is 4.45. The zero-order valence-corrected chi connectivity index (χ0v) is 18.7. The topological polar surface area (TPSA) is 81.8 Å². The van der Waals surface area contributed by atoms with E-state index >= 15 is 0 Å². The number of fused-ring (bicyclic) bond motifs is 1. The summed E-state index contributed by atoms with van der Waals surface area (Å²) in [5, 5.41) is 5.92. The highest BCUT2D eigenvalue weighted by molar-refractivity contribution is 6.03. The molecule has 2 N–H and O–H groups in total. The van der Waals surface area contributed by atoms with E-state index in [1.54, 1.807) is 4.90 Å². The molecule has 7 nitrogen and oxygen atoms in total. The Bertz CT molecular complexity index is 1020. The molecule has 0 radical (unpaired) electrons. The van der Waals surface area contributed by atoms with Gasteiger partial charge in [-0.05, 0) is 55.4 Å². The average molecular weight is 447 g/mol. The Balaban J connectivity index is 1.11. The number of piperidine rings is 2. The lowest BCUT2D eigenvalue weighted by atomic mass is 9.80. The molecule has 2 aromatic rings. The van der Waals surface area contributed by atoms with Gasteiger partial charge in [-0.3, -0.25) is 9.59 Å². The quantitative estimate of drug-likeness (QED) is 0.750. The molecule has 3 heterocycles. The molecule has 0 bridgehead atoms. The number of amides is 4. The van der Waals surface area contributed by atoms with E-state index in [4.69, 9.17) is 0 Å². The van der Waals surface area contributed by atoms with Gasteiger partial charge in [-0.15, -0.1) is 0 Å². The predicted molar refractivity (Wildman–Crippen MR) is 127 cm³/mol. The number of likely N-dealkylation sites (tertiary alicyclic amines) is 2. The van der Waals surface area contributed by atoms with Crippen LogP contribution in [0.3, 0.4) is 0 Å². The van der Waals surface area contributed by atoms with Crippen molar-refractivity contribution >= 4 is 29.2 Å². The molecule has 1 unspecified atom stereocenters. The first-order valence-electron chi connectivity index (χ1n) is 11.9. The number of para-hydroxylation sites is 2. The molecule has 0 aromatic heterocycles. The number of urea groups is 1. The number of benzene rings is 2. The van der Waals surface area contributed by atoms with Gasteiger partial charge in [-0.1, -0.05) is 36.4 Å². The maximum absolute atomic E-state index is 13.1. The SMILES string of the molecule is O=C1Nc2ccccc2C1C1CCN(C(=O)C2CCN(C(=O)Nc3ccccc3)CC2)CC1. The molecule has 33 heavy (non-hydrogen) atoms. The third-order valence-electron chi connectivity index (χ3n) is 7.32. The van der Waals surface area contributed by atoms with Crippen LogP contribution in [0.4, 0.5) is 16.2 Å². The van der Waals surface area contributed by atoms with E-state index in [0.29, 0.717) is 39.0 Å². The van der Waals surface area contributed by atoms with E-state index in [2.05, 4.69) is 10.6 Å². The van der Waals surface area contributed by atoms with Crippen LogP contribution in [0.2, 0.25) is 0 Å². The Morgan fingerprint density at radius 1 is 0.818 bits per heavy atom. The highest BCUT2D eigenvalue weighted by Gasteiger charge is 2.39. The van der Waals surface area contributed by atoms with Gasteiger partial charge in [0.05, 0.1) is 5.92 Å². The lowest BCUT2D eigenvalue weighted by Gasteiger charge is -2.38. The molecule has 1 atom stereocenters. The molecular weight excluding hydrogens is 416 g/mol. The summed E-state index contributed by atoms with van der Waals surface area (Å²) in [5.41, 5.74) is 2.80. The Labute approximate surface area is 194 Å². The highest BCUT2D eigenvalue weighted by atomic mass is 16.2. The molecule has 172 valence electrons. The van der Waals surface area contributed by atoms with E-state index in [0.717, 1.165) is 29.8 Å². The van der Waals surface area contributed by atoms with E-state index in [1.165, 1.54) is 0 Å². The Hall–Kier alpha value is -3.35. The fourth-order valence-corrected chi connectivity index (χ4v) is 5.47. The fourth-order valence-electron chi connectivity index (χ4n) is 5.47. The molecule has 5 rings (SSSR count). The monoisotopic (exact) mass is 446 g/mol. The minimum absolute atomic E-state index is 0.0298. The van der Waals surface area contributed by atoms with Crippen molar-refractivity contribution in [1.29, 1.82) is 0 Å². The number of hydrogen-bond donors (Lipinski definition) is 2. The first kappa shape index (κ1) is 21.5. The van der Waals surface area contributed by atoms with Gasteiger partial charge in [-0.2, -0.15) is 0 Å². The summed E-state index contributed by atoms with van der Waals surface area (Å²) in [4.78, 5) is 42.0. The van der Waals surface area contributed by atoms with E-state index in [1.807, 2.05) is 59.5 Å². The summed E-state index contributed by atoms with van der Waals surface area (Å²) in [6.07, 6.45) is 3.08. The molecular formula is C26H30N4O3. The molecule has 3 aliphatic heterocycles. The molecule has 0 saturated carbocycles. The molecule has 7 heteroatoms. The number of hydrogen-bond acceptors (Lipinski definition) is 3. The van der Waals surface area contributed by atoms with E-state index in [-0.39, 0.29) is 35.6 Å². The summed E-state index contributed by atoms with van der Waals surface area (Å²) in [7, 11) is 0. The van der Waals surface area contributed by atoms with Crippen molar-refractivity contribution in [3.05, 3.63) is 60.2 Å². The van der Waals surface area contributed by atoms with Gasteiger partial charge in [0.25, 0.3) is 0 Å². The van der Waals surface area contributed by atoms with Gasteiger partial charge in [0, 0.05) is 43.5 Å². The normalized spacial score (nSPS) is 21.5. The van der Waals surface area contributed by atoms with E-state index in [9.17, 15) is 14.4 Å². The van der Waals surface area contributed by atoms with Gasteiger partial charge in [-0.25, -0.2) is 4.79 Å². The zero-order valence-electron chi connectivity index (χ0n) is 18.7. The average Bonchev–Trinajstić information content (AvgIpc) is 3.20. The lowest BCUT2D eigenvalue weighted by molar-refractivity contribution is -0.138. The van der Waals surface area contributed by atoms with Crippen molar-refractivity contribution in [2.24, 2.45) is 11.8 Å². The van der Waals surface area contributed by atoms with Gasteiger partial charge < -0.3 is 20.4 Å². The minimum atomic E-state index is -0.108. The summed E-state index contributed by atoms with van der Waals surface area (Å²) in [6.45, 7) is 2.57. The largest absolute Gasteiger partial charge is 0.342 e. The van der Waals surface area contributed by atoms with Gasteiger partial charge >= 0.3 is 6.03 Å². The number of nitrogens with one attached hydrogen (secondary N) is 2. The zero-order chi connectivity index (χ0) is 22.8. The summed E-state index contributed by atoms with van der Waals surface area (Å²) >= 11 is 0. The maximum Gasteiger partial charge on any atom is 0.321 e. The smallest absolute Gasteiger partial charge is 0.321 e. The highest BCUT2D eigenvalue weighted by Crippen LogP contribution is 2.41. The minimum Gasteiger partial charge on any atom is -0.342 e. The van der Waals surface area contributed by atoms with Crippen LogP contribution in [0.25, 0.3) is 0 Å². The molecule has 2 fully saturated rings. The van der Waals surface area contributed by atoms with Crippen LogP contribution in [0, 0.1) is 11.8 Å². The van der Waals surface area contributed by atoms with Crippen LogP contribution in [0.1, 0.15) is 37.2 Å². The van der Waals surface area contributed by atoms with E-state index < -0.39 is 0 Å². The van der Waals surface area contributed by atoms with Crippen LogP contribution in [0.5, 0.6) is 0 Å². The summed E-state index contributed by atoms with van der Waals surface area (Å²) < 4.78 is 0. The Kier molecular flexibility index (Phi) is 6.03. The second kappa shape index (κ2) is 9.25. The Morgan fingerprint density at radius 3 is 2.18 bits per heavy atom.